The third-order valence-electron chi connectivity index (χ3n) is 3.14. The van der Waals surface area contributed by atoms with Gasteiger partial charge in [-0.05, 0) is 25.0 Å². The summed E-state index contributed by atoms with van der Waals surface area (Å²) in [5.74, 6) is 0. The third-order valence-corrected chi connectivity index (χ3v) is 3.14. The second-order valence-electron chi connectivity index (χ2n) is 4.35. The van der Waals surface area contributed by atoms with E-state index in [1.165, 1.54) is 12.1 Å². The molecule has 1 aromatic heterocycles. The summed E-state index contributed by atoms with van der Waals surface area (Å²) in [4.78, 5) is 10.2. The molecule has 0 spiro atoms. The van der Waals surface area contributed by atoms with Crippen molar-refractivity contribution in [2.24, 2.45) is 0 Å². The van der Waals surface area contributed by atoms with E-state index in [0.717, 1.165) is 30.8 Å². The van der Waals surface area contributed by atoms with Crippen molar-refractivity contribution in [3.8, 4) is 5.69 Å². The molecule has 1 unspecified atom stereocenters. The summed E-state index contributed by atoms with van der Waals surface area (Å²) in [6, 6.07) is 6.23. The van der Waals surface area contributed by atoms with Gasteiger partial charge in [0.05, 0.1) is 22.5 Å². The van der Waals surface area contributed by atoms with Crippen molar-refractivity contribution in [1.82, 2.24) is 15.0 Å². The van der Waals surface area contributed by atoms with Gasteiger partial charge in [-0.25, -0.2) is 4.68 Å². The Kier molecular flexibility index (Phi) is 2.96. The van der Waals surface area contributed by atoms with Crippen LogP contribution in [0.1, 0.15) is 24.6 Å². The molecule has 0 N–H and O–H groups in total. The lowest BCUT2D eigenvalue weighted by atomic mass is 10.2. The zero-order chi connectivity index (χ0) is 13.2. The minimum atomic E-state index is -0.424. The minimum Gasteiger partial charge on any atom is -0.372 e. The van der Waals surface area contributed by atoms with Crippen LogP contribution in [0.3, 0.4) is 0 Å². The molecule has 0 saturated carbocycles. The van der Waals surface area contributed by atoms with Crippen molar-refractivity contribution in [2.75, 3.05) is 6.61 Å². The number of benzene rings is 1. The Morgan fingerprint density at radius 1 is 1.37 bits per heavy atom. The molecule has 7 nitrogen and oxygen atoms in total. The Bertz CT molecular complexity index is 587. The standard InChI is InChI=1S/C12H12N4O3/c17-16(18)10-5-3-9(4-6-10)15-11(8-13-14-15)12-2-1-7-19-12/h3-6,8,12H,1-2,7H2. The molecule has 2 aromatic rings. The van der Waals surface area contributed by atoms with Crippen molar-refractivity contribution >= 4 is 5.69 Å². The highest BCUT2D eigenvalue weighted by Gasteiger charge is 2.22. The van der Waals surface area contributed by atoms with E-state index in [9.17, 15) is 10.1 Å². The van der Waals surface area contributed by atoms with Gasteiger partial charge in [0.25, 0.3) is 5.69 Å². The predicted molar refractivity (Wildman–Crippen MR) is 65.9 cm³/mol. The molecule has 19 heavy (non-hydrogen) atoms. The summed E-state index contributed by atoms with van der Waals surface area (Å²) >= 11 is 0. The molecule has 2 heterocycles. The van der Waals surface area contributed by atoms with E-state index < -0.39 is 4.92 Å². The Morgan fingerprint density at radius 2 is 2.16 bits per heavy atom. The zero-order valence-electron chi connectivity index (χ0n) is 10.1. The van der Waals surface area contributed by atoms with Gasteiger partial charge in [-0.1, -0.05) is 5.21 Å². The van der Waals surface area contributed by atoms with Crippen LogP contribution in [-0.2, 0) is 4.74 Å². The largest absolute Gasteiger partial charge is 0.372 e. The molecule has 0 aliphatic carbocycles. The maximum Gasteiger partial charge on any atom is 0.269 e. The molecule has 1 atom stereocenters. The molecule has 98 valence electrons. The number of non-ortho nitro benzene ring substituents is 1. The number of aromatic nitrogens is 3. The minimum absolute atomic E-state index is 0.00481. The van der Waals surface area contributed by atoms with Gasteiger partial charge in [0, 0.05) is 18.7 Å². The van der Waals surface area contributed by atoms with Gasteiger partial charge in [0.2, 0.25) is 0 Å². The van der Waals surface area contributed by atoms with E-state index in [-0.39, 0.29) is 11.8 Å². The SMILES string of the molecule is O=[N+]([O-])c1ccc(-n2nncc2C2CCCO2)cc1. The van der Waals surface area contributed by atoms with E-state index in [4.69, 9.17) is 4.74 Å². The van der Waals surface area contributed by atoms with Gasteiger partial charge < -0.3 is 4.74 Å². The molecular weight excluding hydrogens is 248 g/mol. The van der Waals surface area contributed by atoms with Gasteiger partial charge in [-0.2, -0.15) is 0 Å². The Hall–Kier alpha value is -2.28. The number of nitrogens with zero attached hydrogens (tertiary/aromatic N) is 4. The molecule has 0 radical (unpaired) electrons. The quantitative estimate of drug-likeness (QED) is 0.622. The lowest BCUT2D eigenvalue weighted by Gasteiger charge is -2.11. The second-order valence-corrected chi connectivity index (χ2v) is 4.35. The molecule has 0 bridgehead atoms. The highest BCUT2D eigenvalue weighted by molar-refractivity contribution is 5.41. The average molecular weight is 260 g/mol. The summed E-state index contributed by atoms with van der Waals surface area (Å²) in [7, 11) is 0. The van der Waals surface area contributed by atoms with Crippen molar-refractivity contribution in [2.45, 2.75) is 18.9 Å². The van der Waals surface area contributed by atoms with Crippen LogP contribution in [0.25, 0.3) is 5.69 Å². The van der Waals surface area contributed by atoms with Crippen molar-refractivity contribution in [3.05, 3.63) is 46.3 Å². The molecule has 1 aliphatic heterocycles. The maximum atomic E-state index is 10.6. The van der Waals surface area contributed by atoms with Crippen LogP contribution in [0.15, 0.2) is 30.5 Å². The number of nitro benzene ring substituents is 1. The van der Waals surface area contributed by atoms with E-state index in [2.05, 4.69) is 10.3 Å². The van der Waals surface area contributed by atoms with E-state index >= 15 is 0 Å². The number of ether oxygens (including phenoxy) is 1. The van der Waals surface area contributed by atoms with Crippen LogP contribution in [-0.4, -0.2) is 26.5 Å². The zero-order valence-corrected chi connectivity index (χ0v) is 10.1. The number of rotatable bonds is 3. The monoisotopic (exact) mass is 260 g/mol. The number of nitro groups is 1. The third kappa shape index (κ3) is 2.19. The molecule has 7 heteroatoms. The first-order chi connectivity index (χ1) is 9.25. The molecule has 1 aliphatic rings. The highest BCUT2D eigenvalue weighted by atomic mass is 16.6. The maximum absolute atomic E-state index is 10.6. The molecule has 1 fully saturated rings. The summed E-state index contributed by atoms with van der Waals surface area (Å²) in [6.45, 7) is 0.746. The fourth-order valence-corrected chi connectivity index (χ4v) is 2.19. The van der Waals surface area contributed by atoms with Crippen LogP contribution in [0.4, 0.5) is 5.69 Å². The summed E-state index contributed by atoms with van der Waals surface area (Å²) in [5, 5.41) is 18.5. The van der Waals surface area contributed by atoms with Crippen molar-refractivity contribution in [3.63, 3.8) is 0 Å². The van der Waals surface area contributed by atoms with Crippen molar-refractivity contribution in [1.29, 1.82) is 0 Å². The van der Waals surface area contributed by atoms with Crippen LogP contribution in [0.5, 0.6) is 0 Å². The van der Waals surface area contributed by atoms with Crippen LogP contribution in [0, 0.1) is 10.1 Å². The van der Waals surface area contributed by atoms with Gasteiger partial charge in [0.1, 0.15) is 6.10 Å². The topological polar surface area (TPSA) is 83.1 Å². The molecule has 1 aromatic carbocycles. The van der Waals surface area contributed by atoms with Gasteiger partial charge in [-0.15, -0.1) is 5.10 Å². The first-order valence-electron chi connectivity index (χ1n) is 6.03. The van der Waals surface area contributed by atoms with Crippen LogP contribution >= 0.6 is 0 Å². The smallest absolute Gasteiger partial charge is 0.269 e. The average Bonchev–Trinajstić information content (AvgIpc) is 3.09. The second kappa shape index (κ2) is 4.77. The highest BCUT2D eigenvalue weighted by Crippen LogP contribution is 2.29. The lowest BCUT2D eigenvalue weighted by molar-refractivity contribution is -0.384. The Balaban J connectivity index is 1.93. The Morgan fingerprint density at radius 3 is 2.79 bits per heavy atom. The first-order valence-corrected chi connectivity index (χ1v) is 6.03. The Labute approximate surface area is 109 Å². The molecule has 3 rings (SSSR count). The fourth-order valence-electron chi connectivity index (χ4n) is 2.19. The van der Waals surface area contributed by atoms with E-state index in [0.29, 0.717) is 0 Å². The van der Waals surface area contributed by atoms with Crippen LogP contribution < -0.4 is 0 Å². The molecule has 1 saturated heterocycles. The molecular formula is C12H12N4O3. The lowest BCUT2D eigenvalue weighted by Crippen LogP contribution is -2.07. The summed E-state index contributed by atoms with van der Waals surface area (Å²) in [5.41, 5.74) is 1.68. The summed E-state index contributed by atoms with van der Waals surface area (Å²) in [6.07, 6.45) is 3.65. The van der Waals surface area contributed by atoms with Gasteiger partial charge in [0.15, 0.2) is 0 Å². The normalized spacial score (nSPS) is 18.6. The van der Waals surface area contributed by atoms with Crippen LogP contribution in [0.2, 0.25) is 0 Å². The fraction of sp³-hybridized carbons (Fsp3) is 0.333. The first kappa shape index (κ1) is 11.8. The van der Waals surface area contributed by atoms with E-state index in [1.54, 1.807) is 23.0 Å². The van der Waals surface area contributed by atoms with Crippen molar-refractivity contribution < 1.29 is 9.66 Å². The van der Waals surface area contributed by atoms with Gasteiger partial charge >= 0.3 is 0 Å². The molecule has 0 amide bonds. The number of hydrogen-bond donors (Lipinski definition) is 0. The predicted octanol–water partition coefficient (Wildman–Crippen LogP) is 2.03. The van der Waals surface area contributed by atoms with E-state index in [1.807, 2.05) is 0 Å². The number of hydrogen-bond acceptors (Lipinski definition) is 5. The summed E-state index contributed by atoms with van der Waals surface area (Å²) < 4.78 is 7.28. The van der Waals surface area contributed by atoms with Gasteiger partial charge in [-0.3, -0.25) is 10.1 Å².